The Bertz CT molecular complexity index is 717. The molecule has 0 amide bonds. The van der Waals surface area contributed by atoms with Crippen LogP contribution in [-0.2, 0) is 5.41 Å². The molecule has 118 valence electrons. The van der Waals surface area contributed by atoms with Crippen LogP contribution in [0.3, 0.4) is 0 Å². The van der Waals surface area contributed by atoms with Gasteiger partial charge in [0.2, 0.25) is 0 Å². The van der Waals surface area contributed by atoms with Crippen LogP contribution in [0.15, 0.2) is 24.4 Å². The number of halogens is 4. The lowest BCUT2D eigenvalue weighted by Gasteiger charge is -2.19. The number of hydrogen-bond donors (Lipinski definition) is 0. The summed E-state index contributed by atoms with van der Waals surface area (Å²) in [5.74, 6) is -1.82. The number of Topliss-reactive ketones (excluding diaryl/α,β-unsaturated/α-hetero) is 1. The number of nitrogens with zero attached hydrogens (tertiary/aromatic N) is 3. The first-order chi connectivity index (χ1) is 10.0. The molecule has 4 nitrogen and oxygen atoms in total. The third kappa shape index (κ3) is 3.14. The van der Waals surface area contributed by atoms with Crippen molar-refractivity contribution in [1.29, 1.82) is 0 Å². The molecule has 0 fully saturated rings. The van der Waals surface area contributed by atoms with E-state index in [1.54, 1.807) is 32.9 Å². The Morgan fingerprint density at radius 1 is 1.27 bits per heavy atom. The number of alkyl halides is 3. The Balaban J connectivity index is 2.66. The fourth-order valence-electron chi connectivity index (χ4n) is 1.87. The van der Waals surface area contributed by atoms with Crippen molar-refractivity contribution in [2.45, 2.75) is 32.4 Å². The Morgan fingerprint density at radius 3 is 2.41 bits per heavy atom. The molecule has 0 unspecified atom stereocenters. The largest absolute Gasteiger partial charge is 0.456 e. The van der Waals surface area contributed by atoms with Crippen LogP contribution in [0.25, 0.3) is 5.82 Å². The van der Waals surface area contributed by atoms with E-state index in [0.29, 0.717) is 5.69 Å². The van der Waals surface area contributed by atoms with Crippen molar-refractivity contribution in [2.75, 3.05) is 0 Å². The van der Waals surface area contributed by atoms with Gasteiger partial charge in [0.05, 0.1) is 10.7 Å². The van der Waals surface area contributed by atoms with Gasteiger partial charge in [0.1, 0.15) is 5.69 Å². The molecule has 0 aliphatic carbocycles. The van der Waals surface area contributed by atoms with Crippen LogP contribution in [0, 0.1) is 0 Å². The van der Waals surface area contributed by atoms with E-state index in [9.17, 15) is 18.0 Å². The van der Waals surface area contributed by atoms with E-state index in [1.807, 2.05) is 0 Å². The van der Waals surface area contributed by atoms with E-state index in [2.05, 4.69) is 10.1 Å². The van der Waals surface area contributed by atoms with Crippen LogP contribution in [0.4, 0.5) is 13.2 Å². The third-order valence-corrected chi connectivity index (χ3v) is 3.20. The highest BCUT2D eigenvalue weighted by atomic mass is 35.5. The van der Waals surface area contributed by atoms with Crippen LogP contribution in [-0.4, -0.2) is 26.7 Å². The second-order valence-corrected chi connectivity index (χ2v) is 6.12. The monoisotopic (exact) mass is 331 g/mol. The van der Waals surface area contributed by atoms with Crippen molar-refractivity contribution in [1.82, 2.24) is 14.8 Å². The summed E-state index contributed by atoms with van der Waals surface area (Å²) in [6, 6.07) is 4.26. The summed E-state index contributed by atoms with van der Waals surface area (Å²) in [6.45, 7) is 5.37. The lowest BCUT2D eigenvalue weighted by molar-refractivity contribution is -0.0888. The van der Waals surface area contributed by atoms with Gasteiger partial charge in [-0.25, -0.2) is 9.67 Å². The van der Waals surface area contributed by atoms with Gasteiger partial charge in [-0.3, -0.25) is 4.79 Å². The van der Waals surface area contributed by atoms with E-state index >= 15 is 0 Å². The summed E-state index contributed by atoms with van der Waals surface area (Å²) >= 11 is 6.03. The molecule has 0 atom stereocenters. The first kappa shape index (κ1) is 16.5. The molecular formula is C14H13ClF3N3O. The summed E-state index contributed by atoms with van der Waals surface area (Å²) in [7, 11) is 0. The number of carbonyl (C=O) groups is 1. The van der Waals surface area contributed by atoms with Gasteiger partial charge < -0.3 is 0 Å². The summed E-state index contributed by atoms with van der Waals surface area (Å²) in [5.41, 5.74) is -0.835. The van der Waals surface area contributed by atoms with E-state index in [0.717, 1.165) is 6.07 Å². The van der Waals surface area contributed by atoms with Gasteiger partial charge in [0.15, 0.2) is 5.82 Å². The van der Waals surface area contributed by atoms with Gasteiger partial charge >= 0.3 is 6.18 Å². The number of hydrogen-bond acceptors (Lipinski definition) is 3. The molecule has 0 aliphatic rings. The van der Waals surface area contributed by atoms with Crippen LogP contribution in [0.1, 0.15) is 37.0 Å². The van der Waals surface area contributed by atoms with Crippen molar-refractivity contribution in [3.8, 4) is 5.82 Å². The minimum atomic E-state index is -4.98. The molecule has 2 rings (SSSR count). The van der Waals surface area contributed by atoms with Crippen LogP contribution < -0.4 is 0 Å². The zero-order chi connectivity index (χ0) is 16.7. The smallest absolute Gasteiger partial charge is 0.282 e. The number of rotatable bonds is 2. The van der Waals surface area contributed by atoms with E-state index in [4.69, 9.17) is 11.6 Å². The molecule has 0 N–H and O–H groups in total. The molecule has 0 saturated heterocycles. The number of carbonyl (C=O) groups excluding carboxylic acids is 1. The summed E-state index contributed by atoms with van der Waals surface area (Å²) in [6.07, 6.45) is -3.54. The van der Waals surface area contributed by atoms with Crippen molar-refractivity contribution in [3.05, 3.63) is 40.8 Å². The van der Waals surface area contributed by atoms with Crippen molar-refractivity contribution >= 4 is 17.4 Å². The lowest BCUT2D eigenvalue weighted by Crippen LogP contribution is -2.23. The normalized spacial score (nSPS) is 12.5. The Kier molecular flexibility index (Phi) is 4.04. The fraction of sp³-hybridized carbons (Fsp3) is 0.357. The average Bonchev–Trinajstić information content (AvgIpc) is 2.81. The first-order valence-electron chi connectivity index (χ1n) is 6.35. The molecule has 0 saturated carbocycles. The minimum Gasteiger partial charge on any atom is -0.282 e. The summed E-state index contributed by atoms with van der Waals surface area (Å²) < 4.78 is 39.0. The molecule has 0 aromatic carbocycles. The zero-order valence-electron chi connectivity index (χ0n) is 12.1. The van der Waals surface area contributed by atoms with Crippen LogP contribution >= 0.6 is 11.6 Å². The molecular weight excluding hydrogens is 319 g/mol. The third-order valence-electron chi connectivity index (χ3n) is 2.91. The number of pyridine rings is 1. The Labute approximate surface area is 129 Å². The van der Waals surface area contributed by atoms with Gasteiger partial charge in [0, 0.05) is 11.6 Å². The maximum Gasteiger partial charge on any atom is 0.456 e. The molecule has 2 aromatic heterocycles. The highest BCUT2D eigenvalue weighted by Crippen LogP contribution is 2.30. The fourth-order valence-corrected chi connectivity index (χ4v) is 2.07. The zero-order valence-corrected chi connectivity index (χ0v) is 12.8. The quantitative estimate of drug-likeness (QED) is 0.782. The standard InChI is InChI=1S/C14H13ClF3N3O/c1-13(2,3)10-7-9(11(22)14(16,17)18)20-21(10)12-8(15)5-4-6-19-12/h4-7H,1-3H3. The summed E-state index contributed by atoms with van der Waals surface area (Å²) in [5, 5.41) is 4.00. The van der Waals surface area contributed by atoms with Gasteiger partial charge in [-0.2, -0.15) is 18.3 Å². The predicted octanol–water partition coefficient (Wildman–Crippen LogP) is 3.96. The maximum absolute atomic E-state index is 12.6. The van der Waals surface area contributed by atoms with E-state index in [-0.39, 0.29) is 10.8 Å². The highest BCUT2D eigenvalue weighted by molar-refractivity contribution is 6.32. The van der Waals surface area contributed by atoms with E-state index < -0.39 is 23.1 Å². The first-order valence-corrected chi connectivity index (χ1v) is 6.72. The molecule has 0 spiro atoms. The SMILES string of the molecule is CC(C)(C)c1cc(C(=O)C(F)(F)F)nn1-c1ncccc1Cl. The molecule has 0 radical (unpaired) electrons. The van der Waals surface area contributed by atoms with Crippen LogP contribution in [0.2, 0.25) is 5.02 Å². The predicted molar refractivity (Wildman–Crippen MR) is 75.5 cm³/mol. The lowest BCUT2D eigenvalue weighted by atomic mass is 9.91. The Morgan fingerprint density at radius 2 is 1.91 bits per heavy atom. The highest BCUT2D eigenvalue weighted by Gasteiger charge is 2.42. The summed E-state index contributed by atoms with van der Waals surface area (Å²) in [4.78, 5) is 15.5. The second kappa shape index (κ2) is 5.39. The van der Waals surface area contributed by atoms with Gasteiger partial charge in [-0.15, -0.1) is 0 Å². The minimum absolute atomic E-state index is 0.176. The average molecular weight is 332 g/mol. The second-order valence-electron chi connectivity index (χ2n) is 5.71. The van der Waals surface area contributed by atoms with Crippen molar-refractivity contribution < 1.29 is 18.0 Å². The van der Waals surface area contributed by atoms with Crippen molar-refractivity contribution in [3.63, 3.8) is 0 Å². The molecule has 22 heavy (non-hydrogen) atoms. The van der Waals surface area contributed by atoms with Gasteiger partial charge in [0.25, 0.3) is 5.78 Å². The molecule has 2 aromatic rings. The topological polar surface area (TPSA) is 47.8 Å². The van der Waals surface area contributed by atoms with E-state index in [1.165, 1.54) is 10.9 Å². The molecule has 8 heteroatoms. The van der Waals surface area contributed by atoms with Crippen LogP contribution in [0.5, 0.6) is 0 Å². The number of ketones is 1. The maximum atomic E-state index is 12.6. The van der Waals surface area contributed by atoms with Crippen molar-refractivity contribution in [2.24, 2.45) is 0 Å². The van der Waals surface area contributed by atoms with Gasteiger partial charge in [-0.05, 0) is 18.2 Å². The Hall–Kier alpha value is -1.89. The molecule has 0 aliphatic heterocycles. The number of aromatic nitrogens is 3. The molecule has 0 bridgehead atoms. The van der Waals surface area contributed by atoms with Gasteiger partial charge in [-0.1, -0.05) is 32.4 Å². The molecule has 2 heterocycles.